The van der Waals surface area contributed by atoms with Gasteiger partial charge in [-0.1, -0.05) is 5.92 Å². The molecular formula is C14H10N4O. The van der Waals surface area contributed by atoms with Gasteiger partial charge in [0.15, 0.2) is 5.65 Å². The first-order valence-corrected chi connectivity index (χ1v) is 5.69. The highest BCUT2D eigenvalue weighted by molar-refractivity contribution is 5.74. The maximum Gasteiger partial charge on any atom is 0.181 e. The molecule has 5 nitrogen and oxygen atoms in total. The number of terminal acetylenes is 1. The first kappa shape index (κ1) is 11.2. The molecule has 2 aromatic heterocycles. The molecule has 0 saturated heterocycles. The van der Waals surface area contributed by atoms with Crippen molar-refractivity contribution in [2.75, 3.05) is 6.61 Å². The lowest BCUT2D eigenvalue weighted by atomic mass is 10.2. The van der Waals surface area contributed by atoms with Gasteiger partial charge < -0.3 is 9.72 Å². The molecule has 0 aliphatic carbocycles. The molecular weight excluding hydrogens is 240 g/mol. The zero-order chi connectivity index (χ0) is 13.1. The fourth-order valence-corrected chi connectivity index (χ4v) is 1.73. The minimum Gasteiger partial charge on any atom is -0.481 e. The van der Waals surface area contributed by atoms with Gasteiger partial charge in [-0.25, -0.2) is 15.0 Å². The van der Waals surface area contributed by atoms with Gasteiger partial charge in [0.1, 0.15) is 30.0 Å². The number of hydrogen-bond acceptors (Lipinski definition) is 4. The number of ether oxygens (including phenoxy) is 1. The van der Waals surface area contributed by atoms with Crippen LogP contribution in [0.4, 0.5) is 0 Å². The number of benzene rings is 1. The van der Waals surface area contributed by atoms with Crippen molar-refractivity contribution in [3.8, 4) is 29.5 Å². The van der Waals surface area contributed by atoms with Crippen molar-refractivity contribution in [3.05, 3.63) is 36.8 Å². The lowest BCUT2D eigenvalue weighted by molar-refractivity contribution is 0.370. The minimum atomic E-state index is 0.263. The summed E-state index contributed by atoms with van der Waals surface area (Å²) < 4.78 is 5.32. The van der Waals surface area contributed by atoms with Crippen LogP contribution in [0.5, 0.6) is 5.75 Å². The largest absolute Gasteiger partial charge is 0.481 e. The first-order chi connectivity index (χ1) is 9.36. The average Bonchev–Trinajstić information content (AvgIpc) is 2.89. The molecule has 2 heterocycles. The van der Waals surface area contributed by atoms with Crippen LogP contribution in [0, 0.1) is 12.3 Å². The highest BCUT2D eigenvalue weighted by Gasteiger charge is 2.05. The maximum atomic E-state index is 5.32. The van der Waals surface area contributed by atoms with Crippen LogP contribution in [0.1, 0.15) is 0 Å². The zero-order valence-corrected chi connectivity index (χ0v) is 10.00. The third kappa shape index (κ3) is 2.24. The van der Waals surface area contributed by atoms with E-state index < -0.39 is 0 Å². The number of hydrogen-bond donors (Lipinski definition) is 1. The number of aromatic nitrogens is 4. The van der Waals surface area contributed by atoms with Crippen LogP contribution in [0.2, 0.25) is 0 Å². The minimum absolute atomic E-state index is 0.263. The van der Waals surface area contributed by atoms with Gasteiger partial charge in [0.25, 0.3) is 0 Å². The van der Waals surface area contributed by atoms with E-state index >= 15 is 0 Å². The van der Waals surface area contributed by atoms with E-state index in [1.54, 1.807) is 6.20 Å². The van der Waals surface area contributed by atoms with Crippen LogP contribution < -0.4 is 4.74 Å². The Hall–Kier alpha value is -2.87. The fourth-order valence-electron chi connectivity index (χ4n) is 1.73. The number of imidazole rings is 1. The second-order valence-electron chi connectivity index (χ2n) is 3.86. The van der Waals surface area contributed by atoms with Crippen molar-refractivity contribution < 1.29 is 4.74 Å². The fraction of sp³-hybridized carbons (Fsp3) is 0.0714. The Labute approximate surface area is 109 Å². The average molecular weight is 250 g/mol. The standard InChI is InChI=1S/C14H10N4O/c1-2-7-19-11-5-3-10(4-6-11)13-17-12-8-15-9-16-14(12)18-13/h1,3-6,8-9H,7H2,(H,15,16,17,18). The smallest absolute Gasteiger partial charge is 0.181 e. The Morgan fingerprint density at radius 3 is 2.84 bits per heavy atom. The Morgan fingerprint density at radius 1 is 1.26 bits per heavy atom. The van der Waals surface area contributed by atoms with Gasteiger partial charge in [0, 0.05) is 5.56 Å². The monoisotopic (exact) mass is 250 g/mol. The third-order valence-electron chi connectivity index (χ3n) is 2.61. The van der Waals surface area contributed by atoms with Gasteiger partial charge in [-0.15, -0.1) is 6.42 Å². The van der Waals surface area contributed by atoms with Crippen LogP contribution in [-0.4, -0.2) is 26.5 Å². The number of fused-ring (bicyclic) bond motifs is 1. The van der Waals surface area contributed by atoms with Gasteiger partial charge >= 0.3 is 0 Å². The Bertz CT molecular complexity index is 707. The first-order valence-electron chi connectivity index (χ1n) is 5.69. The van der Waals surface area contributed by atoms with Gasteiger partial charge in [-0.3, -0.25) is 0 Å². The van der Waals surface area contributed by atoms with Crippen LogP contribution >= 0.6 is 0 Å². The molecule has 0 unspecified atom stereocenters. The lowest BCUT2D eigenvalue weighted by Crippen LogP contribution is -1.92. The molecule has 0 aliphatic rings. The van der Waals surface area contributed by atoms with E-state index in [0.29, 0.717) is 5.65 Å². The van der Waals surface area contributed by atoms with Crippen LogP contribution in [0.25, 0.3) is 22.6 Å². The summed E-state index contributed by atoms with van der Waals surface area (Å²) in [6.45, 7) is 0.263. The number of nitrogens with one attached hydrogen (secondary N) is 1. The molecule has 1 N–H and O–H groups in total. The molecule has 0 aliphatic heterocycles. The summed E-state index contributed by atoms with van der Waals surface area (Å²) in [5.41, 5.74) is 2.41. The number of H-pyrrole nitrogens is 1. The second kappa shape index (κ2) is 4.78. The van der Waals surface area contributed by atoms with Gasteiger partial charge in [-0.05, 0) is 24.3 Å². The van der Waals surface area contributed by atoms with Crippen LogP contribution in [-0.2, 0) is 0 Å². The normalized spacial score (nSPS) is 10.3. The molecule has 92 valence electrons. The predicted molar refractivity (Wildman–Crippen MR) is 71.4 cm³/mol. The predicted octanol–water partition coefficient (Wildman–Crippen LogP) is 2.03. The quantitative estimate of drug-likeness (QED) is 0.722. The van der Waals surface area contributed by atoms with Crippen molar-refractivity contribution in [1.82, 2.24) is 19.9 Å². The Balaban J connectivity index is 1.91. The molecule has 1 aromatic carbocycles. The molecule has 5 heteroatoms. The van der Waals surface area contributed by atoms with E-state index in [4.69, 9.17) is 11.2 Å². The SMILES string of the molecule is C#CCOc1ccc(-c2nc3ncncc3[nH]2)cc1. The topological polar surface area (TPSA) is 63.7 Å². The Kier molecular flexibility index (Phi) is 2.83. The summed E-state index contributed by atoms with van der Waals surface area (Å²) in [6.07, 6.45) is 8.31. The molecule has 0 radical (unpaired) electrons. The van der Waals surface area contributed by atoms with Crippen LogP contribution in [0.3, 0.4) is 0 Å². The molecule has 19 heavy (non-hydrogen) atoms. The summed E-state index contributed by atoms with van der Waals surface area (Å²) in [4.78, 5) is 15.6. The third-order valence-corrected chi connectivity index (χ3v) is 2.61. The molecule has 0 bridgehead atoms. The maximum absolute atomic E-state index is 5.32. The molecule has 3 aromatic rings. The van der Waals surface area contributed by atoms with E-state index in [0.717, 1.165) is 22.7 Å². The van der Waals surface area contributed by atoms with Crippen molar-refractivity contribution in [3.63, 3.8) is 0 Å². The van der Waals surface area contributed by atoms with Crippen molar-refractivity contribution in [1.29, 1.82) is 0 Å². The molecule has 0 amide bonds. The molecule has 0 atom stereocenters. The number of rotatable bonds is 3. The summed E-state index contributed by atoms with van der Waals surface area (Å²) in [5.74, 6) is 3.91. The summed E-state index contributed by atoms with van der Waals surface area (Å²) in [7, 11) is 0. The molecule has 0 saturated carbocycles. The van der Waals surface area contributed by atoms with Crippen molar-refractivity contribution >= 4 is 11.2 Å². The van der Waals surface area contributed by atoms with Crippen molar-refractivity contribution in [2.45, 2.75) is 0 Å². The van der Waals surface area contributed by atoms with E-state index in [9.17, 15) is 0 Å². The Morgan fingerprint density at radius 2 is 2.11 bits per heavy atom. The van der Waals surface area contributed by atoms with E-state index in [-0.39, 0.29) is 6.61 Å². The summed E-state index contributed by atoms with van der Waals surface area (Å²) in [6, 6.07) is 7.53. The highest BCUT2D eigenvalue weighted by Crippen LogP contribution is 2.21. The van der Waals surface area contributed by atoms with Crippen molar-refractivity contribution in [2.24, 2.45) is 0 Å². The molecule has 0 spiro atoms. The molecule has 3 rings (SSSR count). The van der Waals surface area contributed by atoms with Gasteiger partial charge in [0.2, 0.25) is 0 Å². The lowest BCUT2D eigenvalue weighted by Gasteiger charge is -2.02. The van der Waals surface area contributed by atoms with Crippen LogP contribution in [0.15, 0.2) is 36.8 Å². The van der Waals surface area contributed by atoms with Gasteiger partial charge in [-0.2, -0.15) is 0 Å². The summed E-state index contributed by atoms with van der Waals surface area (Å²) in [5, 5.41) is 0. The van der Waals surface area contributed by atoms with E-state index in [1.165, 1.54) is 6.33 Å². The number of aromatic amines is 1. The molecule has 0 fully saturated rings. The van der Waals surface area contributed by atoms with E-state index in [1.807, 2.05) is 24.3 Å². The summed E-state index contributed by atoms with van der Waals surface area (Å²) >= 11 is 0. The second-order valence-corrected chi connectivity index (χ2v) is 3.86. The van der Waals surface area contributed by atoms with Gasteiger partial charge in [0.05, 0.1) is 6.20 Å². The zero-order valence-electron chi connectivity index (χ0n) is 10.00. The highest BCUT2D eigenvalue weighted by atomic mass is 16.5. The van der Waals surface area contributed by atoms with E-state index in [2.05, 4.69) is 25.9 Å². The number of nitrogens with zero attached hydrogens (tertiary/aromatic N) is 3.